The smallest absolute Gasteiger partial charge is 0.326 e. The standard InChI is InChI=1S/C51H65N7O12/c1-7-8-10-17-35-18-13-14-19-36(35)22-25-43(63)56-45(32(5)60)50(68)58(6)41(28-34-20-23-37(61)24-21-34)48(66)54-38(26-30(2)3)46(64)53-39(27-33-15-11-9-12-16-33)47(65)57-44(31(4)59)49(67)55-40(51(69)70)29-42(52)62/h9-25,28,30-32,38-40,44-45,59-61H,7-8,26-27,29H2,1-6H3,(H2,52,62)(H,53,64)(H,54,66)(H,55,67)(H,56,63)(H,57,65)(H,69,70)/b17-10-,25-22+,41-28+/t31-,32-,38-,39+,40-,44-,45-/m0/s1. The molecule has 7 amide bonds. The van der Waals surface area contributed by atoms with Crippen molar-refractivity contribution in [2.45, 2.75) is 109 Å². The number of nitrogens with zero attached hydrogens (tertiary/aromatic N) is 1. The minimum atomic E-state index is -1.78. The van der Waals surface area contributed by atoms with Gasteiger partial charge in [-0.05, 0) is 79.1 Å². The highest BCUT2D eigenvalue weighted by molar-refractivity contribution is 6.05. The molecule has 0 unspecified atom stereocenters. The number of carboxylic acids is 1. The lowest BCUT2D eigenvalue weighted by atomic mass is 10.00. The molecule has 0 aromatic heterocycles. The molecule has 0 fully saturated rings. The Kier molecular flexibility index (Phi) is 22.7. The lowest BCUT2D eigenvalue weighted by molar-refractivity contribution is -0.144. The fourth-order valence-corrected chi connectivity index (χ4v) is 6.91. The molecule has 3 aromatic carbocycles. The van der Waals surface area contributed by atoms with E-state index < -0.39 is 96.2 Å². The van der Waals surface area contributed by atoms with Gasteiger partial charge in [-0.15, -0.1) is 0 Å². The lowest BCUT2D eigenvalue weighted by Gasteiger charge is -2.29. The third-order valence-electron chi connectivity index (χ3n) is 10.7. The maximum absolute atomic E-state index is 14.5. The van der Waals surface area contributed by atoms with E-state index in [4.69, 9.17) is 5.73 Å². The summed E-state index contributed by atoms with van der Waals surface area (Å²) in [5.74, 6) is -8.60. The topological polar surface area (TPSA) is 307 Å². The number of hydrogen-bond donors (Lipinski definition) is 10. The highest BCUT2D eigenvalue weighted by Crippen LogP contribution is 2.18. The molecule has 3 aromatic rings. The molecule has 3 rings (SSSR count). The number of rotatable bonds is 26. The van der Waals surface area contributed by atoms with E-state index >= 15 is 0 Å². The Balaban J connectivity index is 1.97. The zero-order chi connectivity index (χ0) is 52.1. The van der Waals surface area contributed by atoms with Crippen LogP contribution in [0.25, 0.3) is 18.2 Å². The quantitative estimate of drug-likeness (QED) is 0.0518. The number of amides is 7. The number of hydrogen-bond acceptors (Lipinski definition) is 11. The number of primary amides is 1. The van der Waals surface area contributed by atoms with Crippen molar-refractivity contribution in [1.29, 1.82) is 0 Å². The third-order valence-corrected chi connectivity index (χ3v) is 10.7. The fraction of sp³-hybridized carbons (Fsp3) is 0.373. The zero-order valence-electron chi connectivity index (χ0n) is 40.1. The van der Waals surface area contributed by atoms with Crippen LogP contribution in [0.4, 0.5) is 0 Å². The summed E-state index contributed by atoms with van der Waals surface area (Å²) in [7, 11) is 1.24. The minimum absolute atomic E-state index is 0.00718. The average Bonchev–Trinajstić information content (AvgIpc) is 3.30. The summed E-state index contributed by atoms with van der Waals surface area (Å²) in [6.07, 6.45) is 5.84. The normalized spacial score (nSPS) is 14.6. The van der Waals surface area contributed by atoms with Crippen molar-refractivity contribution in [3.63, 3.8) is 0 Å². The molecule has 0 saturated carbocycles. The molecular weight excluding hydrogens is 903 g/mol. The van der Waals surface area contributed by atoms with Gasteiger partial charge in [-0.3, -0.25) is 33.6 Å². The molecule has 0 radical (unpaired) electrons. The van der Waals surface area contributed by atoms with Crippen LogP contribution < -0.4 is 32.3 Å². The van der Waals surface area contributed by atoms with E-state index in [1.807, 2.05) is 36.4 Å². The fourth-order valence-electron chi connectivity index (χ4n) is 6.91. The van der Waals surface area contributed by atoms with Gasteiger partial charge in [0.2, 0.25) is 29.5 Å². The van der Waals surface area contributed by atoms with Crippen LogP contribution >= 0.6 is 0 Å². The number of benzene rings is 3. The van der Waals surface area contributed by atoms with Gasteiger partial charge in [-0.25, -0.2) is 4.79 Å². The van der Waals surface area contributed by atoms with Crippen molar-refractivity contribution in [3.05, 3.63) is 119 Å². The van der Waals surface area contributed by atoms with Crippen molar-refractivity contribution in [1.82, 2.24) is 31.5 Å². The van der Waals surface area contributed by atoms with Gasteiger partial charge >= 0.3 is 5.97 Å². The number of aliphatic carboxylic acids is 1. The average molecular weight is 968 g/mol. The summed E-state index contributed by atoms with van der Waals surface area (Å²) >= 11 is 0. The molecule has 11 N–H and O–H groups in total. The maximum atomic E-state index is 14.5. The number of phenols is 1. The molecule has 70 heavy (non-hydrogen) atoms. The second-order valence-electron chi connectivity index (χ2n) is 17.1. The van der Waals surface area contributed by atoms with Gasteiger partial charge in [0.25, 0.3) is 11.8 Å². The molecule has 7 atom stereocenters. The minimum Gasteiger partial charge on any atom is -0.508 e. The number of aliphatic hydroxyl groups is 2. The molecule has 19 heteroatoms. The van der Waals surface area contributed by atoms with E-state index in [-0.39, 0.29) is 30.2 Å². The number of unbranched alkanes of at least 4 members (excludes halogenated alkanes) is 1. The van der Waals surface area contributed by atoms with Gasteiger partial charge in [0, 0.05) is 19.5 Å². The molecule has 0 aliphatic heterocycles. The predicted molar refractivity (Wildman–Crippen MR) is 262 cm³/mol. The van der Waals surface area contributed by atoms with Gasteiger partial charge in [0.05, 0.1) is 18.6 Å². The van der Waals surface area contributed by atoms with Crippen molar-refractivity contribution in [2.24, 2.45) is 11.7 Å². The number of carboxylic acid groups (broad SMARTS) is 1. The Morgan fingerprint density at radius 2 is 1.26 bits per heavy atom. The van der Waals surface area contributed by atoms with Crippen LogP contribution in [0, 0.1) is 5.92 Å². The van der Waals surface area contributed by atoms with Crippen molar-refractivity contribution in [2.75, 3.05) is 7.05 Å². The molecule has 376 valence electrons. The molecule has 19 nitrogen and oxygen atoms in total. The molecule has 0 aliphatic carbocycles. The summed E-state index contributed by atoms with van der Waals surface area (Å²) in [4.78, 5) is 108. The van der Waals surface area contributed by atoms with Gasteiger partial charge in [0.1, 0.15) is 41.7 Å². The second-order valence-corrected chi connectivity index (χ2v) is 17.1. The van der Waals surface area contributed by atoms with Gasteiger partial charge in [0.15, 0.2) is 0 Å². The Hall–Kier alpha value is -7.64. The van der Waals surface area contributed by atoms with E-state index in [1.54, 1.807) is 50.3 Å². The highest BCUT2D eigenvalue weighted by Gasteiger charge is 2.36. The molecular formula is C51H65N7O12. The first-order chi connectivity index (χ1) is 33.1. The molecule has 0 spiro atoms. The van der Waals surface area contributed by atoms with Gasteiger partial charge < -0.3 is 57.6 Å². The Morgan fingerprint density at radius 1 is 0.686 bits per heavy atom. The molecule has 0 heterocycles. The van der Waals surface area contributed by atoms with Crippen LogP contribution in [0.3, 0.4) is 0 Å². The van der Waals surface area contributed by atoms with E-state index in [9.17, 15) is 58.8 Å². The SMILES string of the molecule is CCC/C=C\c1ccccc1/C=C/C(=O)N[C@H](C(=O)N(C)/C(=C/c1ccc(O)cc1)C(=O)N[C@@H](CC(C)C)C(=O)N[C@H](Cc1ccccc1)C(=O)N[C@H](C(=O)N[C@@H](CC(N)=O)C(=O)O)[C@H](C)O)[C@H](C)O. The number of carbonyl (C=O) groups excluding carboxylic acids is 7. The van der Waals surface area contributed by atoms with Gasteiger partial charge in [-0.2, -0.15) is 0 Å². The number of aliphatic hydroxyl groups excluding tert-OH is 2. The zero-order valence-corrected chi connectivity index (χ0v) is 40.1. The van der Waals surface area contributed by atoms with Crippen molar-refractivity contribution in [3.8, 4) is 5.75 Å². The Labute approximate surface area is 407 Å². The van der Waals surface area contributed by atoms with Crippen LogP contribution in [0.2, 0.25) is 0 Å². The number of aromatic hydroxyl groups is 1. The molecule has 0 saturated heterocycles. The van der Waals surface area contributed by atoms with Crippen molar-refractivity contribution >= 4 is 65.5 Å². The van der Waals surface area contributed by atoms with Crippen LogP contribution in [0.15, 0.2) is 96.7 Å². The monoisotopic (exact) mass is 967 g/mol. The first-order valence-corrected chi connectivity index (χ1v) is 22.8. The van der Waals surface area contributed by atoms with E-state index in [0.29, 0.717) is 11.1 Å². The summed E-state index contributed by atoms with van der Waals surface area (Å²) in [5.41, 5.74) is 7.26. The number of nitrogens with one attached hydrogen (secondary N) is 5. The highest BCUT2D eigenvalue weighted by atomic mass is 16.4. The summed E-state index contributed by atoms with van der Waals surface area (Å²) in [6.45, 7) is 8.03. The van der Waals surface area contributed by atoms with E-state index in [1.165, 1.54) is 50.4 Å². The molecule has 0 bridgehead atoms. The number of carbonyl (C=O) groups is 8. The summed E-state index contributed by atoms with van der Waals surface area (Å²) in [6, 6.07) is 13.4. The van der Waals surface area contributed by atoms with Crippen molar-refractivity contribution < 1.29 is 58.8 Å². The van der Waals surface area contributed by atoms with Crippen LogP contribution in [-0.4, -0.2) is 122 Å². The Morgan fingerprint density at radius 3 is 1.81 bits per heavy atom. The maximum Gasteiger partial charge on any atom is 0.326 e. The van der Waals surface area contributed by atoms with E-state index in [2.05, 4.69) is 33.5 Å². The summed E-state index contributed by atoms with van der Waals surface area (Å²) in [5, 5.41) is 53.1. The summed E-state index contributed by atoms with van der Waals surface area (Å²) < 4.78 is 0. The lowest BCUT2D eigenvalue weighted by Crippen LogP contribution is -2.61. The predicted octanol–water partition coefficient (Wildman–Crippen LogP) is 2.15. The number of likely N-dealkylation sites (N-methyl/N-ethyl adjacent to an activating group) is 1. The number of phenolic OH excluding ortho intramolecular Hbond substituents is 1. The van der Waals surface area contributed by atoms with Crippen LogP contribution in [0.1, 0.15) is 82.6 Å². The second kappa shape index (κ2) is 28.0. The first-order valence-electron chi connectivity index (χ1n) is 22.8. The Bertz CT molecular complexity index is 2380. The number of nitrogens with two attached hydrogens (primary N) is 1. The van der Waals surface area contributed by atoms with Gasteiger partial charge in [-0.1, -0.05) is 106 Å². The van der Waals surface area contributed by atoms with Crippen LogP contribution in [0.5, 0.6) is 5.75 Å². The first kappa shape index (κ1) is 56.7. The largest absolute Gasteiger partial charge is 0.508 e. The van der Waals surface area contributed by atoms with Crippen LogP contribution in [-0.2, 0) is 44.8 Å². The third kappa shape index (κ3) is 18.5. The molecule has 0 aliphatic rings. The number of allylic oxidation sites excluding steroid dienone is 1. The van der Waals surface area contributed by atoms with E-state index in [0.717, 1.165) is 35.8 Å².